The molecule has 28 heavy (non-hydrogen) atoms. The number of carboxylic acids is 1. The summed E-state index contributed by atoms with van der Waals surface area (Å²) < 4.78 is 5.39. The SMILES string of the molecule is CNC(C)C(=O)NC(C(=O)N1c2ncccc2CC1C(=O)O)C1CCOCC1. The number of hydrogen-bond donors (Lipinski definition) is 3. The largest absolute Gasteiger partial charge is 0.480 e. The number of nitrogens with zero attached hydrogens (tertiary/aromatic N) is 2. The Hall–Kier alpha value is -2.52. The van der Waals surface area contributed by atoms with Crippen LogP contribution in [0.3, 0.4) is 0 Å². The molecule has 0 aliphatic carbocycles. The third kappa shape index (κ3) is 4.00. The van der Waals surface area contributed by atoms with Crippen molar-refractivity contribution in [2.75, 3.05) is 25.2 Å². The second-order valence-corrected chi connectivity index (χ2v) is 7.20. The van der Waals surface area contributed by atoms with Crippen molar-refractivity contribution in [3.63, 3.8) is 0 Å². The average Bonchev–Trinajstić information content (AvgIpc) is 3.11. The zero-order valence-electron chi connectivity index (χ0n) is 16.1. The van der Waals surface area contributed by atoms with E-state index in [-0.39, 0.29) is 18.2 Å². The topological polar surface area (TPSA) is 121 Å². The van der Waals surface area contributed by atoms with Crippen LogP contribution >= 0.6 is 0 Å². The molecule has 3 unspecified atom stereocenters. The molecule has 0 radical (unpaired) electrons. The molecule has 152 valence electrons. The maximum absolute atomic E-state index is 13.5. The first-order valence-electron chi connectivity index (χ1n) is 9.49. The highest BCUT2D eigenvalue weighted by atomic mass is 16.5. The van der Waals surface area contributed by atoms with Gasteiger partial charge in [0.15, 0.2) is 0 Å². The molecule has 1 saturated heterocycles. The van der Waals surface area contributed by atoms with Crippen LogP contribution in [0.1, 0.15) is 25.3 Å². The number of pyridine rings is 1. The Morgan fingerprint density at radius 3 is 2.68 bits per heavy atom. The molecule has 9 heteroatoms. The van der Waals surface area contributed by atoms with Gasteiger partial charge in [-0.15, -0.1) is 0 Å². The summed E-state index contributed by atoms with van der Waals surface area (Å²) in [5, 5.41) is 15.4. The van der Waals surface area contributed by atoms with E-state index in [0.29, 0.717) is 37.4 Å². The van der Waals surface area contributed by atoms with Crippen LogP contribution < -0.4 is 15.5 Å². The van der Waals surface area contributed by atoms with Crippen LogP contribution in [0.15, 0.2) is 18.3 Å². The lowest BCUT2D eigenvalue weighted by molar-refractivity contribution is -0.140. The Bertz CT molecular complexity index is 750. The van der Waals surface area contributed by atoms with Gasteiger partial charge in [0.1, 0.15) is 17.9 Å². The first kappa shape index (κ1) is 20.2. The first-order chi connectivity index (χ1) is 13.4. The van der Waals surface area contributed by atoms with Crippen molar-refractivity contribution in [2.24, 2.45) is 5.92 Å². The van der Waals surface area contributed by atoms with Crippen molar-refractivity contribution >= 4 is 23.6 Å². The van der Waals surface area contributed by atoms with Crippen LogP contribution in [-0.2, 0) is 25.5 Å². The van der Waals surface area contributed by atoms with Crippen molar-refractivity contribution in [1.82, 2.24) is 15.6 Å². The Balaban J connectivity index is 1.92. The van der Waals surface area contributed by atoms with Crippen LogP contribution in [0.2, 0.25) is 0 Å². The Morgan fingerprint density at radius 1 is 1.32 bits per heavy atom. The lowest BCUT2D eigenvalue weighted by atomic mass is 9.90. The molecule has 2 aliphatic heterocycles. The number of carbonyl (C=O) groups excluding carboxylic acids is 2. The van der Waals surface area contributed by atoms with E-state index in [4.69, 9.17) is 4.74 Å². The first-order valence-corrected chi connectivity index (χ1v) is 9.49. The van der Waals surface area contributed by atoms with Gasteiger partial charge < -0.3 is 20.5 Å². The molecule has 3 rings (SSSR count). The summed E-state index contributed by atoms with van der Waals surface area (Å²) in [5.41, 5.74) is 0.712. The Morgan fingerprint density at radius 2 is 2.04 bits per heavy atom. The van der Waals surface area contributed by atoms with Crippen LogP contribution in [0.25, 0.3) is 0 Å². The zero-order valence-corrected chi connectivity index (χ0v) is 16.1. The lowest BCUT2D eigenvalue weighted by Gasteiger charge is -2.34. The minimum absolute atomic E-state index is 0.128. The molecule has 1 fully saturated rings. The van der Waals surface area contributed by atoms with Gasteiger partial charge in [-0.1, -0.05) is 6.07 Å². The van der Waals surface area contributed by atoms with E-state index >= 15 is 0 Å². The fourth-order valence-corrected chi connectivity index (χ4v) is 3.70. The van der Waals surface area contributed by atoms with Crippen LogP contribution in [-0.4, -0.2) is 66.3 Å². The third-order valence-electron chi connectivity index (χ3n) is 5.47. The molecule has 2 amide bonds. The van der Waals surface area contributed by atoms with Gasteiger partial charge in [0.25, 0.3) is 5.91 Å². The number of anilines is 1. The number of ether oxygens (including phenoxy) is 1. The number of aliphatic carboxylic acids is 1. The van der Waals surface area contributed by atoms with E-state index < -0.39 is 30.0 Å². The van der Waals surface area contributed by atoms with Crippen LogP contribution in [0.4, 0.5) is 5.82 Å². The highest BCUT2D eigenvalue weighted by Crippen LogP contribution is 2.32. The van der Waals surface area contributed by atoms with Gasteiger partial charge in [-0.05, 0) is 44.4 Å². The van der Waals surface area contributed by atoms with E-state index in [0.717, 1.165) is 0 Å². The smallest absolute Gasteiger partial charge is 0.327 e. The zero-order chi connectivity index (χ0) is 20.3. The standard InChI is InChI=1S/C19H26N4O5/c1-11(20-2)17(24)22-15(12-5-8-28-9-6-12)18(25)23-14(19(26)27)10-13-4-3-7-21-16(13)23/h3-4,7,11-12,14-15,20H,5-6,8-10H2,1-2H3,(H,22,24)(H,26,27). The number of fused-ring (bicyclic) bond motifs is 1. The van der Waals surface area contributed by atoms with E-state index in [2.05, 4.69) is 15.6 Å². The summed E-state index contributed by atoms with van der Waals surface area (Å²) in [6, 6.07) is 1.16. The van der Waals surface area contributed by atoms with Crippen LogP contribution in [0.5, 0.6) is 0 Å². The van der Waals surface area contributed by atoms with Gasteiger partial charge in [0.2, 0.25) is 5.91 Å². The molecule has 0 bridgehead atoms. The number of hydrogen-bond acceptors (Lipinski definition) is 6. The highest BCUT2D eigenvalue weighted by molar-refractivity contribution is 6.05. The predicted molar refractivity (Wildman–Crippen MR) is 101 cm³/mol. The normalized spacial score (nSPS) is 21.6. The monoisotopic (exact) mass is 390 g/mol. The van der Waals surface area contributed by atoms with Gasteiger partial charge in [-0.3, -0.25) is 14.5 Å². The summed E-state index contributed by atoms with van der Waals surface area (Å²) in [4.78, 5) is 43.3. The summed E-state index contributed by atoms with van der Waals surface area (Å²) in [5.74, 6) is -1.61. The maximum atomic E-state index is 13.5. The maximum Gasteiger partial charge on any atom is 0.327 e. The second kappa shape index (κ2) is 8.66. The lowest BCUT2D eigenvalue weighted by Crippen LogP contribution is -2.58. The number of aromatic nitrogens is 1. The van der Waals surface area contributed by atoms with Crippen molar-refractivity contribution in [3.8, 4) is 0 Å². The molecular formula is C19H26N4O5. The summed E-state index contributed by atoms with van der Waals surface area (Å²) in [6.07, 6.45) is 2.97. The summed E-state index contributed by atoms with van der Waals surface area (Å²) >= 11 is 0. The average molecular weight is 390 g/mol. The highest BCUT2D eigenvalue weighted by Gasteiger charge is 2.44. The second-order valence-electron chi connectivity index (χ2n) is 7.20. The molecule has 1 aromatic rings. The molecule has 0 aromatic carbocycles. The number of likely N-dealkylation sites (N-methyl/N-ethyl adjacent to an activating group) is 1. The molecule has 3 N–H and O–H groups in total. The van der Waals surface area contributed by atoms with Gasteiger partial charge in [-0.25, -0.2) is 9.78 Å². The molecule has 1 aromatic heterocycles. The minimum atomic E-state index is -1.09. The summed E-state index contributed by atoms with van der Waals surface area (Å²) in [7, 11) is 1.66. The fourth-order valence-electron chi connectivity index (χ4n) is 3.70. The number of carbonyl (C=O) groups is 3. The third-order valence-corrected chi connectivity index (χ3v) is 5.47. The molecule has 0 spiro atoms. The Kier molecular flexibility index (Phi) is 6.25. The number of amides is 2. The van der Waals surface area contributed by atoms with E-state index in [1.54, 1.807) is 26.1 Å². The van der Waals surface area contributed by atoms with Gasteiger partial charge in [0, 0.05) is 25.8 Å². The number of carboxylic acid groups (broad SMARTS) is 1. The van der Waals surface area contributed by atoms with Crippen LogP contribution in [0, 0.1) is 5.92 Å². The molecular weight excluding hydrogens is 364 g/mol. The molecule has 2 aliphatic rings. The van der Waals surface area contributed by atoms with Crippen molar-refractivity contribution in [2.45, 2.75) is 44.3 Å². The van der Waals surface area contributed by atoms with E-state index in [1.165, 1.54) is 11.1 Å². The van der Waals surface area contributed by atoms with E-state index in [1.807, 2.05) is 0 Å². The van der Waals surface area contributed by atoms with Crippen molar-refractivity contribution < 1.29 is 24.2 Å². The number of rotatable bonds is 6. The summed E-state index contributed by atoms with van der Waals surface area (Å²) in [6.45, 7) is 2.71. The molecule has 3 heterocycles. The number of nitrogens with one attached hydrogen (secondary N) is 2. The fraction of sp³-hybridized carbons (Fsp3) is 0.579. The van der Waals surface area contributed by atoms with Crippen molar-refractivity contribution in [1.29, 1.82) is 0 Å². The molecule has 9 nitrogen and oxygen atoms in total. The quantitative estimate of drug-likeness (QED) is 0.622. The van der Waals surface area contributed by atoms with Gasteiger partial charge in [-0.2, -0.15) is 0 Å². The molecule has 3 atom stereocenters. The van der Waals surface area contributed by atoms with Gasteiger partial charge in [0.05, 0.1) is 6.04 Å². The van der Waals surface area contributed by atoms with Gasteiger partial charge >= 0.3 is 5.97 Å². The molecule has 0 saturated carbocycles. The minimum Gasteiger partial charge on any atom is -0.480 e. The predicted octanol–water partition coefficient (Wildman–Crippen LogP) is -0.0568. The van der Waals surface area contributed by atoms with Crippen molar-refractivity contribution in [3.05, 3.63) is 23.9 Å². The Labute approximate surface area is 163 Å². The van der Waals surface area contributed by atoms with E-state index in [9.17, 15) is 19.5 Å².